The minimum absolute atomic E-state index is 0.0826. The Labute approximate surface area is 87.7 Å². The third kappa shape index (κ3) is 5.67. The summed E-state index contributed by atoms with van der Waals surface area (Å²) in [4.78, 5) is 21.7. The highest BCUT2D eigenvalue weighted by atomic mass is 16.4. The number of aliphatic hydroxyl groups is 1. The quantitative estimate of drug-likeness (QED) is 0.307. The van der Waals surface area contributed by atoms with E-state index in [0.29, 0.717) is 0 Å². The molecule has 0 heterocycles. The number of hydrogen-bond acceptors (Lipinski definition) is 4. The normalized spacial score (nSPS) is 13.7. The van der Waals surface area contributed by atoms with E-state index in [0.717, 1.165) is 0 Å². The number of aliphatic carboxylic acids is 1. The van der Waals surface area contributed by atoms with Gasteiger partial charge in [-0.2, -0.15) is 0 Å². The van der Waals surface area contributed by atoms with E-state index in [2.05, 4.69) is 16.6 Å². The summed E-state index contributed by atoms with van der Waals surface area (Å²) < 4.78 is 0. The van der Waals surface area contributed by atoms with E-state index in [4.69, 9.17) is 16.6 Å². The average Bonchev–Trinajstić information content (AvgIpc) is 2.13. The predicted molar refractivity (Wildman–Crippen MR) is 53.0 cm³/mol. The van der Waals surface area contributed by atoms with Crippen LogP contribution in [0.15, 0.2) is 0 Å². The summed E-state index contributed by atoms with van der Waals surface area (Å²) in [5.41, 5.74) is 0. The fourth-order valence-electron chi connectivity index (χ4n) is 0.861. The molecule has 0 bridgehead atoms. The Kier molecular flexibility index (Phi) is 6.09. The number of carboxylic acid groups (broad SMARTS) is 1. The van der Waals surface area contributed by atoms with Crippen LogP contribution in [0.4, 0.5) is 0 Å². The Morgan fingerprint density at radius 2 is 2.13 bits per heavy atom. The van der Waals surface area contributed by atoms with Crippen molar-refractivity contribution in [2.45, 2.75) is 19.1 Å². The summed E-state index contributed by atoms with van der Waals surface area (Å²) in [6.45, 7) is 1.43. The molecule has 84 valence electrons. The minimum Gasteiger partial charge on any atom is -0.480 e. The van der Waals surface area contributed by atoms with Gasteiger partial charge in [0.25, 0.3) is 0 Å². The fraction of sp³-hybridized carbons (Fsp3) is 0.556. The second kappa shape index (κ2) is 6.81. The SMILES string of the molecule is C#CCNCC(=O)N[C@H](C(=O)O)[C@@H](C)O. The Hall–Kier alpha value is -1.58. The van der Waals surface area contributed by atoms with Crippen molar-refractivity contribution in [3.05, 3.63) is 0 Å². The van der Waals surface area contributed by atoms with E-state index in [-0.39, 0.29) is 13.1 Å². The van der Waals surface area contributed by atoms with Gasteiger partial charge in [0, 0.05) is 0 Å². The molecule has 4 N–H and O–H groups in total. The highest BCUT2D eigenvalue weighted by Crippen LogP contribution is 1.92. The smallest absolute Gasteiger partial charge is 0.328 e. The van der Waals surface area contributed by atoms with Crippen molar-refractivity contribution in [3.63, 3.8) is 0 Å². The zero-order chi connectivity index (χ0) is 11.8. The molecule has 0 aromatic heterocycles. The molecular formula is C9H14N2O4. The van der Waals surface area contributed by atoms with Gasteiger partial charge in [0.15, 0.2) is 6.04 Å². The lowest BCUT2D eigenvalue weighted by atomic mass is 10.2. The van der Waals surface area contributed by atoms with Gasteiger partial charge in [-0.25, -0.2) is 4.79 Å². The number of carbonyl (C=O) groups is 2. The molecule has 0 aliphatic rings. The molecule has 0 radical (unpaired) electrons. The van der Waals surface area contributed by atoms with Crippen LogP contribution in [-0.2, 0) is 9.59 Å². The van der Waals surface area contributed by atoms with Crippen LogP contribution in [-0.4, -0.2) is 47.3 Å². The number of hydrogen-bond donors (Lipinski definition) is 4. The van der Waals surface area contributed by atoms with Gasteiger partial charge in [-0.1, -0.05) is 5.92 Å². The lowest BCUT2D eigenvalue weighted by Crippen LogP contribution is -2.50. The molecule has 0 aromatic carbocycles. The van der Waals surface area contributed by atoms with Crippen molar-refractivity contribution in [2.75, 3.05) is 13.1 Å². The summed E-state index contributed by atoms with van der Waals surface area (Å²) in [5.74, 6) is 0.454. The summed E-state index contributed by atoms with van der Waals surface area (Å²) in [5, 5.41) is 22.4. The molecule has 0 aliphatic carbocycles. The van der Waals surface area contributed by atoms with Crippen LogP contribution in [0.5, 0.6) is 0 Å². The number of amides is 1. The third-order valence-corrected chi connectivity index (χ3v) is 1.58. The molecule has 0 saturated carbocycles. The van der Waals surface area contributed by atoms with E-state index >= 15 is 0 Å². The minimum atomic E-state index is -1.30. The molecule has 15 heavy (non-hydrogen) atoms. The molecule has 6 nitrogen and oxygen atoms in total. The van der Waals surface area contributed by atoms with E-state index in [1.54, 1.807) is 0 Å². The van der Waals surface area contributed by atoms with E-state index < -0.39 is 24.0 Å². The standard InChI is InChI=1S/C9H14N2O4/c1-3-4-10-5-7(13)11-8(6(2)12)9(14)15/h1,6,8,10,12H,4-5H2,2H3,(H,11,13)(H,14,15)/t6-,8+/m1/s1. The van der Waals surface area contributed by atoms with Crippen molar-refractivity contribution < 1.29 is 19.8 Å². The van der Waals surface area contributed by atoms with Crippen molar-refractivity contribution in [2.24, 2.45) is 0 Å². The molecule has 0 unspecified atom stereocenters. The topological polar surface area (TPSA) is 98.7 Å². The largest absolute Gasteiger partial charge is 0.480 e. The number of carbonyl (C=O) groups excluding carboxylic acids is 1. The van der Waals surface area contributed by atoms with Crippen LogP contribution in [0.3, 0.4) is 0 Å². The zero-order valence-electron chi connectivity index (χ0n) is 8.36. The first-order chi connectivity index (χ1) is 6.99. The van der Waals surface area contributed by atoms with Gasteiger partial charge >= 0.3 is 5.97 Å². The molecule has 0 saturated heterocycles. The summed E-state index contributed by atoms with van der Waals surface area (Å²) >= 11 is 0. The summed E-state index contributed by atoms with van der Waals surface area (Å²) in [7, 11) is 0. The summed E-state index contributed by atoms with van der Waals surface area (Å²) in [6.07, 6.45) is 3.78. The van der Waals surface area contributed by atoms with Crippen LogP contribution >= 0.6 is 0 Å². The maximum Gasteiger partial charge on any atom is 0.328 e. The molecule has 0 aliphatic heterocycles. The summed E-state index contributed by atoms with van der Waals surface area (Å²) in [6, 6.07) is -1.30. The van der Waals surface area contributed by atoms with Crippen LogP contribution in [0.25, 0.3) is 0 Å². The highest BCUT2D eigenvalue weighted by Gasteiger charge is 2.24. The third-order valence-electron chi connectivity index (χ3n) is 1.58. The maximum atomic E-state index is 11.1. The Balaban J connectivity index is 4.02. The van der Waals surface area contributed by atoms with Gasteiger partial charge in [0.1, 0.15) is 0 Å². The number of terminal acetylenes is 1. The molecule has 1 amide bonds. The average molecular weight is 214 g/mol. The predicted octanol–water partition coefficient (Wildman–Crippen LogP) is -1.84. The van der Waals surface area contributed by atoms with Gasteiger partial charge < -0.3 is 15.5 Å². The van der Waals surface area contributed by atoms with E-state index in [1.165, 1.54) is 6.92 Å². The van der Waals surface area contributed by atoms with Crippen LogP contribution in [0.2, 0.25) is 0 Å². The molecular weight excluding hydrogens is 200 g/mol. The number of carboxylic acids is 1. The first-order valence-corrected chi connectivity index (χ1v) is 4.33. The van der Waals surface area contributed by atoms with Crippen molar-refractivity contribution in [1.82, 2.24) is 10.6 Å². The fourth-order valence-corrected chi connectivity index (χ4v) is 0.861. The second-order valence-electron chi connectivity index (χ2n) is 2.93. The van der Waals surface area contributed by atoms with Gasteiger partial charge in [-0.15, -0.1) is 6.42 Å². The lowest BCUT2D eigenvalue weighted by molar-refractivity contribution is -0.144. The second-order valence-corrected chi connectivity index (χ2v) is 2.93. The number of aliphatic hydroxyl groups excluding tert-OH is 1. The van der Waals surface area contributed by atoms with Crippen molar-refractivity contribution in [1.29, 1.82) is 0 Å². The number of nitrogens with one attached hydrogen (secondary N) is 2. The highest BCUT2D eigenvalue weighted by molar-refractivity contribution is 5.85. The van der Waals surface area contributed by atoms with Gasteiger partial charge in [-0.05, 0) is 6.92 Å². The van der Waals surface area contributed by atoms with Crippen molar-refractivity contribution >= 4 is 11.9 Å². The molecule has 0 rings (SSSR count). The van der Waals surface area contributed by atoms with Crippen molar-refractivity contribution in [3.8, 4) is 12.3 Å². The Morgan fingerprint density at radius 3 is 2.53 bits per heavy atom. The molecule has 0 aromatic rings. The van der Waals surface area contributed by atoms with Gasteiger partial charge in [-0.3, -0.25) is 10.1 Å². The van der Waals surface area contributed by atoms with Crippen LogP contribution in [0.1, 0.15) is 6.92 Å². The zero-order valence-corrected chi connectivity index (χ0v) is 8.36. The van der Waals surface area contributed by atoms with Crippen LogP contribution in [0, 0.1) is 12.3 Å². The monoisotopic (exact) mass is 214 g/mol. The first-order valence-electron chi connectivity index (χ1n) is 4.33. The first kappa shape index (κ1) is 13.4. The molecule has 2 atom stereocenters. The van der Waals surface area contributed by atoms with Crippen LogP contribution < -0.4 is 10.6 Å². The number of rotatable bonds is 6. The molecule has 6 heteroatoms. The molecule has 0 fully saturated rings. The van der Waals surface area contributed by atoms with Gasteiger partial charge in [0.2, 0.25) is 5.91 Å². The van der Waals surface area contributed by atoms with E-state index in [1.807, 2.05) is 0 Å². The van der Waals surface area contributed by atoms with Gasteiger partial charge in [0.05, 0.1) is 19.2 Å². The Bertz CT molecular complexity index is 270. The van der Waals surface area contributed by atoms with E-state index in [9.17, 15) is 9.59 Å². The lowest BCUT2D eigenvalue weighted by Gasteiger charge is -2.16. The maximum absolute atomic E-state index is 11.1. The Morgan fingerprint density at radius 1 is 1.53 bits per heavy atom. The molecule has 0 spiro atoms.